The van der Waals surface area contributed by atoms with Gasteiger partial charge in [0.05, 0.1) is 51.9 Å². The largest absolute Gasteiger partial charge is 2.00 e. The third kappa shape index (κ3) is 9.20. The van der Waals surface area contributed by atoms with E-state index in [0.717, 1.165) is 0 Å². The fraction of sp³-hybridized carbons (Fsp3) is 0.231. The second-order valence-corrected chi connectivity index (χ2v) is 7.55. The van der Waals surface area contributed by atoms with Crippen LogP contribution in [0.1, 0.15) is 20.7 Å². The molecule has 0 N–H and O–H groups in total. The van der Waals surface area contributed by atoms with Gasteiger partial charge in [-0.3, -0.25) is 0 Å². The number of rotatable bonds is 12. The topological polar surface area (TPSA) is 153 Å². The number of hydrogen-bond acceptors (Lipinski definition) is 10. The zero-order chi connectivity index (χ0) is 27.3. The summed E-state index contributed by atoms with van der Waals surface area (Å²) in [5, 5.41) is 22.0. The van der Waals surface area contributed by atoms with Crippen LogP contribution in [0.25, 0.3) is 0 Å². The first-order valence-corrected chi connectivity index (χ1v) is 11.4. The van der Waals surface area contributed by atoms with Crippen molar-refractivity contribution in [2.24, 2.45) is 0 Å². The van der Waals surface area contributed by atoms with E-state index in [0.29, 0.717) is 37.8 Å². The molecule has 0 fully saturated rings. The smallest absolute Gasteiger partial charge is 0.545 e. The molecular weight excluding hydrogens is 536 g/mol. The summed E-state index contributed by atoms with van der Waals surface area (Å²) in [6.07, 6.45) is 10.2. The molecule has 4 rings (SSSR count). The van der Waals surface area contributed by atoms with Gasteiger partial charge in [-0.25, -0.2) is 9.97 Å². The Hall–Kier alpha value is -3.74. The van der Waals surface area contributed by atoms with Gasteiger partial charge in [-0.1, -0.05) is 12.1 Å². The molecule has 200 valence electrons. The van der Waals surface area contributed by atoms with Crippen molar-refractivity contribution in [3.05, 3.63) is 85.0 Å². The Balaban J connectivity index is 0.000000267. The number of nitrogens with zero attached hydrogens (tertiary/aromatic N) is 4. The van der Waals surface area contributed by atoms with E-state index in [1.165, 1.54) is 26.4 Å². The number of ether oxygens (including phenoxy) is 4. The minimum Gasteiger partial charge on any atom is -0.545 e. The maximum Gasteiger partial charge on any atom is 2.00 e. The average molecular weight is 563 g/mol. The first-order chi connectivity index (χ1) is 18.4. The van der Waals surface area contributed by atoms with E-state index in [9.17, 15) is 19.8 Å². The number of benzene rings is 2. The third-order valence-corrected chi connectivity index (χ3v) is 5.15. The molecule has 2 aromatic carbocycles. The van der Waals surface area contributed by atoms with Crippen molar-refractivity contribution >= 4 is 49.7 Å². The van der Waals surface area contributed by atoms with E-state index in [-0.39, 0.29) is 60.4 Å². The first kappa shape index (κ1) is 31.5. The molecule has 0 unspecified atom stereocenters. The molecule has 13 heteroatoms. The summed E-state index contributed by atoms with van der Waals surface area (Å²) >= 11 is 0. The van der Waals surface area contributed by atoms with Gasteiger partial charge >= 0.3 is 37.7 Å². The Bertz CT molecular complexity index is 1210. The fourth-order valence-corrected chi connectivity index (χ4v) is 3.32. The van der Waals surface area contributed by atoms with Gasteiger partial charge in [-0.2, -0.15) is 0 Å². The summed E-state index contributed by atoms with van der Waals surface area (Å²) in [6, 6.07) is 9.27. The van der Waals surface area contributed by atoms with Gasteiger partial charge in [-0.05, 0) is 24.3 Å². The zero-order valence-corrected chi connectivity index (χ0v) is 23.7. The zero-order valence-electron chi connectivity index (χ0n) is 21.5. The Labute approximate surface area is 254 Å². The van der Waals surface area contributed by atoms with Crippen LogP contribution in [-0.2, 0) is 13.1 Å². The molecule has 0 aliphatic rings. The SMILES string of the molecule is COc1cccc(C(=O)[O-])c1OCCn1ccnc1.COc1cccc(C(=O)[O-])c1OCCn1ccnc1.[Ca+2]. The number of carboxylic acids is 2. The molecule has 0 saturated carbocycles. The number of methoxy groups -OCH3 is 2. The summed E-state index contributed by atoms with van der Waals surface area (Å²) in [6.45, 7) is 1.73. The van der Waals surface area contributed by atoms with Crippen LogP contribution in [0.15, 0.2) is 73.8 Å². The van der Waals surface area contributed by atoms with Crippen molar-refractivity contribution in [2.45, 2.75) is 13.1 Å². The van der Waals surface area contributed by atoms with Gasteiger partial charge in [0.25, 0.3) is 0 Å². The molecule has 0 saturated heterocycles. The predicted molar refractivity (Wildman–Crippen MR) is 136 cm³/mol. The molecule has 12 nitrogen and oxygen atoms in total. The number of imidazole rings is 2. The average Bonchev–Trinajstić information content (AvgIpc) is 3.63. The first-order valence-electron chi connectivity index (χ1n) is 11.4. The van der Waals surface area contributed by atoms with Crippen molar-refractivity contribution < 1.29 is 38.7 Å². The molecule has 0 atom stereocenters. The molecule has 0 aliphatic heterocycles. The van der Waals surface area contributed by atoms with E-state index >= 15 is 0 Å². The van der Waals surface area contributed by atoms with Crippen LogP contribution >= 0.6 is 0 Å². The quantitative estimate of drug-likeness (QED) is 0.220. The third-order valence-electron chi connectivity index (χ3n) is 5.15. The number of carbonyl (C=O) groups is 2. The second kappa shape index (κ2) is 16.3. The van der Waals surface area contributed by atoms with Gasteiger partial charge in [0, 0.05) is 35.9 Å². The maximum absolute atomic E-state index is 11.0. The summed E-state index contributed by atoms with van der Waals surface area (Å²) in [5.74, 6) is -1.48. The molecule has 0 spiro atoms. The number of aromatic nitrogens is 4. The Morgan fingerprint density at radius 1 is 0.744 bits per heavy atom. The molecule has 4 aromatic rings. The van der Waals surface area contributed by atoms with E-state index in [2.05, 4.69) is 9.97 Å². The molecule has 0 radical (unpaired) electrons. The molecule has 2 heterocycles. The van der Waals surface area contributed by atoms with Crippen molar-refractivity contribution in [2.75, 3.05) is 27.4 Å². The van der Waals surface area contributed by atoms with Crippen LogP contribution in [-0.4, -0.2) is 96.2 Å². The van der Waals surface area contributed by atoms with Gasteiger partial charge in [0.15, 0.2) is 23.0 Å². The molecule has 0 amide bonds. The van der Waals surface area contributed by atoms with Crippen molar-refractivity contribution in [3.8, 4) is 23.0 Å². The number of carboxylic acid groups (broad SMARTS) is 2. The van der Waals surface area contributed by atoms with Crippen molar-refractivity contribution in [3.63, 3.8) is 0 Å². The van der Waals surface area contributed by atoms with Crippen molar-refractivity contribution in [1.82, 2.24) is 19.1 Å². The van der Waals surface area contributed by atoms with E-state index < -0.39 is 11.9 Å². The second-order valence-electron chi connectivity index (χ2n) is 7.55. The van der Waals surface area contributed by atoms with E-state index in [4.69, 9.17) is 18.9 Å². The van der Waals surface area contributed by atoms with Gasteiger partial charge in [0.2, 0.25) is 0 Å². The fourth-order valence-electron chi connectivity index (χ4n) is 3.32. The summed E-state index contributed by atoms with van der Waals surface area (Å²) < 4.78 is 24.8. The minimum atomic E-state index is -1.29. The summed E-state index contributed by atoms with van der Waals surface area (Å²) in [4.78, 5) is 29.9. The standard InChI is InChI=1S/2C13H14N2O4.Ca/c2*1-18-11-4-2-3-10(13(16)17)12(11)19-8-7-15-6-5-14-9-15;/h2*2-6,9H,7-8H2,1H3,(H,16,17);/q;;+2/p-2. The number of para-hydroxylation sites is 2. The molecule has 0 bridgehead atoms. The number of aromatic carboxylic acids is 2. The van der Waals surface area contributed by atoms with Crippen LogP contribution in [0.3, 0.4) is 0 Å². The monoisotopic (exact) mass is 562 g/mol. The maximum atomic E-state index is 11.0. The van der Waals surface area contributed by atoms with Crippen molar-refractivity contribution in [1.29, 1.82) is 0 Å². The predicted octanol–water partition coefficient (Wildman–Crippen LogP) is 0.288. The van der Waals surface area contributed by atoms with E-state index in [1.54, 1.807) is 61.7 Å². The summed E-state index contributed by atoms with van der Waals surface area (Å²) in [7, 11) is 2.91. The van der Waals surface area contributed by atoms with Crippen LogP contribution in [0.5, 0.6) is 23.0 Å². The molecular formula is C26H26CaN4O8. The van der Waals surface area contributed by atoms with E-state index in [1.807, 2.05) is 9.13 Å². The van der Waals surface area contributed by atoms with Crippen LogP contribution in [0.4, 0.5) is 0 Å². The molecule has 39 heavy (non-hydrogen) atoms. The van der Waals surface area contributed by atoms with Gasteiger partial charge < -0.3 is 47.9 Å². The minimum absolute atomic E-state index is 0. The molecule has 2 aromatic heterocycles. The summed E-state index contributed by atoms with van der Waals surface area (Å²) in [5.41, 5.74) is -0.0463. The Morgan fingerprint density at radius 2 is 1.15 bits per heavy atom. The van der Waals surface area contributed by atoms with Crippen LogP contribution < -0.4 is 29.2 Å². The Morgan fingerprint density at radius 3 is 1.46 bits per heavy atom. The van der Waals surface area contributed by atoms with Gasteiger partial charge in [0.1, 0.15) is 13.2 Å². The Kier molecular flexibility index (Phi) is 13.1. The number of hydrogen-bond donors (Lipinski definition) is 0. The van der Waals surface area contributed by atoms with Gasteiger partial charge in [-0.15, -0.1) is 0 Å². The number of carbonyl (C=O) groups excluding carboxylic acids is 2. The molecule has 0 aliphatic carbocycles. The normalized spacial score (nSPS) is 9.90. The van der Waals surface area contributed by atoms with Crippen LogP contribution in [0, 0.1) is 0 Å². The van der Waals surface area contributed by atoms with Crippen LogP contribution in [0.2, 0.25) is 0 Å².